The molecule has 0 saturated heterocycles. The van der Waals surface area contributed by atoms with Crippen molar-refractivity contribution in [3.8, 4) is 11.5 Å². The molecule has 0 aliphatic rings. The molecule has 0 radical (unpaired) electrons. The lowest BCUT2D eigenvalue weighted by molar-refractivity contribution is -0.123. The summed E-state index contributed by atoms with van der Waals surface area (Å²) >= 11 is 6.71. The molecule has 1 amide bonds. The monoisotopic (exact) mass is 440 g/mol. The number of methoxy groups -OCH3 is 1. The highest BCUT2D eigenvalue weighted by Crippen LogP contribution is 2.21. The average molecular weight is 442 g/mol. The van der Waals surface area contributed by atoms with Crippen LogP contribution in [-0.4, -0.2) is 25.8 Å². The van der Waals surface area contributed by atoms with E-state index in [2.05, 4.69) is 42.4 Å². The quantitative estimate of drug-likeness (QED) is 0.548. The fourth-order valence-electron chi connectivity index (χ4n) is 1.69. The van der Waals surface area contributed by atoms with Crippen molar-refractivity contribution in [2.45, 2.75) is 0 Å². The lowest BCUT2D eigenvalue weighted by Crippen LogP contribution is -2.24. The zero-order valence-corrected chi connectivity index (χ0v) is 15.4. The van der Waals surface area contributed by atoms with E-state index in [9.17, 15) is 4.79 Å². The molecule has 1 N–H and O–H groups in total. The van der Waals surface area contributed by atoms with Crippen molar-refractivity contribution < 1.29 is 14.3 Å². The third-order valence-electron chi connectivity index (χ3n) is 2.77. The molecule has 2 aromatic rings. The van der Waals surface area contributed by atoms with E-state index in [0.29, 0.717) is 11.5 Å². The van der Waals surface area contributed by atoms with Gasteiger partial charge in [0.25, 0.3) is 5.91 Å². The molecule has 0 bridgehead atoms. The standard InChI is InChI=1S/C16H14Br2N2O3/c1-22-15-7-4-13(18)8-11(15)9-19-20-16(21)10-23-14-5-2-12(17)3-6-14/h2-9H,10H2,1H3,(H,20,21)/b19-9+. The highest BCUT2D eigenvalue weighted by Gasteiger charge is 2.03. The molecule has 120 valence electrons. The fraction of sp³-hybridized carbons (Fsp3) is 0.125. The topological polar surface area (TPSA) is 59.9 Å². The Hall–Kier alpha value is -1.86. The first kappa shape index (κ1) is 17.5. The van der Waals surface area contributed by atoms with E-state index in [4.69, 9.17) is 9.47 Å². The average Bonchev–Trinajstić information content (AvgIpc) is 2.54. The number of carbonyl (C=O) groups is 1. The van der Waals surface area contributed by atoms with Crippen LogP contribution in [-0.2, 0) is 4.79 Å². The number of nitrogens with zero attached hydrogens (tertiary/aromatic N) is 1. The van der Waals surface area contributed by atoms with Crippen molar-refractivity contribution >= 4 is 44.0 Å². The lowest BCUT2D eigenvalue weighted by atomic mass is 10.2. The number of amides is 1. The molecule has 0 fully saturated rings. The normalized spacial score (nSPS) is 10.6. The van der Waals surface area contributed by atoms with Gasteiger partial charge in [0.2, 0.25) is 0 Å². The van der Waals surface area contributed by atoms with Crippen LogP contribution in [0.4, 0.5) is 0 Å². The van der Waals surface area contributed by atoms with E-state index in [1.165, 1.54) is 6.21 Å². The van der Waals surface area contributed by atoms with Gasteiger partial charge in [0.15, 0.2) is 6.61 Å². The van der Waals surface area contributed by atoms with Gasteiger partial charge in [-0.3, -0.25) is 4.79 Å². The van der Waals surface area contributed by atoms with Crippen LogP contribution in [0, 0.1) is 0 Å². The predicted octanol–water partition coefficient (Wildman–Crippen LogP) is 3.75. The molecular weight excluding hydrogens is 428 g/mol. The Kier molecular flexibility index (Phi) is 6.61. The molecule has 0 aromatic heterocycles. The number of rotatable bonds is 6. The van der Waals surface area contributed by atoms with Gasteiger partial charge < -0.3 is 9.47 Å². The highest BCUT2D eigenvalue weighted by atomic mass is 79.9. The van der Waals surface area contributed by atoms with Gasteiger partial charge in [-0.05, 0) is 42.5 Å². The summed E-state index contributed by atoms with van der Waals surface area (Å²) in [7, 11) is 1.57. The third kappa shape index (κ3) is 5.69. The number of halogens is 2. The number of hydrogen-bond acceptors (Lipinski definition) is 4. The van der Waals surface area contributed by atoms with Crippen LogP contribution < -0.4 is 14.9 Å². The second-order valence-electron chi connectivity index (χ2n) is 4.42. The van der Waals surface area contributed by atoms with Crippen molar-refractivity contribution in [3.05, 3.63) is 57.0 Å². The molecule has 0 saturated carbocycles. The van der Waals surface area contributed by atoms with Crippen LogP contribution >= 0.6 is 31.9 Å². The van der Waals surface area contributed by atoms with Gasteiger partial charge in [0.05, 0.1) is 13.3 Å². The second kappa shape index (κ2) is 8.69. The zero-order valence-electron chi connectivity index (χ0n) is 12.3. The van der Waals surface area contributed by atoms with Crippen LogP contribution in [0.3, 0.4) is 0 Å². The predicted molar refractivity (Wildman–Crippen MR) is 96.1 cm³/mol. The van der Waals surface area contributed by atoms with Crippen LogP contribution in [0.2, 0.25) is 0 Å². The van der Waals surface area contributed by atoms with E-state index < -0.39 is 0 Å². The molecule has 5 nitrogen and oxygen atoms in total. The summed E-state index contributed by atoms with van der Waals surface area (Å²) in [5, 5.41) is 3.90. The van der Waals surface area contributed by atoms with E-state index >= 15 is 0 Å². The molecule has 0 spiro atoms. The number of hydrogen-bond donors (Lipinski definition) is 1. The Labute approximate surface area is 150 Å². The Bertz CT molecular complexity index is 703. The molecule has 2 aromatic carbocycles. The molecule has 23 heavy (non-hydrogen) atoms. The summed E-state index contributed by atoms with van der Waals surface area (Å²) < 4.78 is 12.4. The molecule has 7 heteroatoms. The van der Waals surface area contributed by atoms with Gasteiger partial charge in [-0.15, -0.1) is 0 Å². The van der Waals surface area contributed by atoms with Crippen LogP contribution in [0.25, 0.3) is 0 Å². The van der Waals surface area contributed by atoms with Gasteiger partial charge in [-0.1, -0.05) is 31.9 Å². The maximum atomic E-state index is 11.7. The fourth-order valence-corrected chi connectivity index (χ4v) is 2.34. The smallest absolute Gasteiger partial charge is 0.277 e. The second-order valence-corrected chi connectivity index (χ2v) is 6.25. The van der Waals surface area contributed by atoms with Crippen LogP contribution in [0.15, 0.2) is 56.5 Å². The van der Waals surface area contributed by atoms with E-state index in [-0.39, 0.29) is 12.5 Å². The zero-order chi connectivity index (χ0) is 16.7. The molecule has 2 rings (SSSR count). The minimum Gasteiger partial charge on any atom is -0.496 e. The summed E-state index contributed by atoms with van der Waals surface area (Å²) in [6, 6.07) is 12.7. The summed E-state index contributed by atoms with van der Waals surface area (Å²) in [4.78, 5) is 11.7. The first-order valence-corrected chi connectivity index (χ1v) is 8.21. The largest absolute Gasteiger partial charge is 0.496 e. The number of carbonyl (C=O) groups excluding carboxylic acids is 1. The molecule has 0 heterocycles. The minimum absolute atomic E-state index is 0.116. The van der Waals surface area contributed by atoms with E-state index in [1.807, 2.05) is 30.3 Å². The number of nitrogens with one attached hydrogen (secondary N) is 1. The van der Waals surface area contributed by atoms with Gasteiger partial charge >= 0.3 is 0 Å². The molecular formula is C16H14Br2N2O3. The summed E-state index contributed by atoms with van der Waals surface area (Å²) in [5.74, 6) is 0.927. The molecule has 0 atom stereocenters. The van der Waals surface area contributed by atoms with Crippen LogP contribution in [0.1, 0.15) is 5.56 Å². The Morgan fingerprint density at radius 3 is 2.57 bits per heavy atom. The molecule has 0 aliphatic carbocycles. The number of benzene rings is 2. The van der Waals surface area contributed by atoms with E-state index in [0.717, 1.165) is 14.5 Å². The first-order chi connectivity index (χ1) is 11.1. The number of ether oxygens (including phenoxy) is 2. The first-order valence-electron chi connectivity index (χ1n) is 6.62. The third-order valence-corrected chi connectivity index (χ3v) is 3.79. The van der Waals surface area contributed by atoms with Gasteiger partial charge in [-0.25, -0.2) is 5.43 Å². The van der Waals surface area contributed by atoms with E-state index in [1.54, 1.807) is 19.2 Å². The summed E-state index contributed by atoms with van der Waals surface area (Å²) in [6.45, 7) is -0.116. The lowest BCUT2D eigenvalue weighted by Gasteiger charge is -2.06. The van der Waals surface area contributed by atoms with Crippen molar-refractivity contribution in [2.75, 3.05) is 13.7 Å². The minimum atomic E-state index is -0.349. The Morgan fingerprint density at radius 2 is 1.87 bits per heavy atom. The Balaban J connectivity index is 1.86. The van der Waals surface area contributed by atoms with Gasteiger partial charge in [0.1, 0.15) is 11.5 Å². The molecule has 0 aliphatic heterocycles. The van der Waals surface area contributed by atoms with Gasteiger partial charge in [-0.2, -0.15) is 5.10 Å². The molecule has 0 unspecified atom stereocenters. The van der Waals surface area contributed by atoms with Gasteiger partial charge in [0, 0.05) is 14.5 Å². The SMILES string of the molecule is COc1ccc(Br)cc1/C=N/NC(=O)COc1ccc(Br)cc1. The maximum Gasteiger partial charge on any atom is 0.277 e. The summed E-state index contributed by atoms with van der Waals surface area (Å²) in [5.41, 5.74) is 3.16. The van der Waals surface area contributed by atoms with Crippen molar-refractivity contribution in [1.29, 1.82) is 0 Å². The summed E-state index contributed by atoms with van der Waals surface area (Å²) in [6.07, 6.45) is 1.52. The van der Waals surface area contributed by atoms with Crippen molar-refractivity contribution in [2.24, 2.45) is 5.10 Å². The maximum absolute atomic E-state index is 11.7. The van der Waals surface area contributed by atoms with Crippen molar-refractivity contribution in [1.82, 2.24) is 5.43 Å². The van der Waals surface area contributed by atoms with Crippen LogP contribution in [0.5, 0.6) is 11.5 Å². The number of hydrazone groups is 1. The van der Waals surface area contributed by atoms with Crippen molar-refractivity contribution in [3.63, 3.8) is 0 Å². The Morgan fingerprint density at radius 1 is 1.17 bits per heavy atom. The highest BCUT2D eigenvalue weighted by molar-refractivity contribution is 9.10.